The van der Waals surface area contributed by atoms with Crippen molar-refractivity contribution in [2.75, 3.05) is 0 Å². The van der Waals surface area contributed by atoms with Crippen molar-refractivity contribution in [3.8, 4) is 0 Å². The highest BCUT2D eigenvalue weighted by Gasteiger charge is 2.50. The first-order chi connectivity index (χ1) is 4.73. The second-order valence-electron chi connectivity index (χ2n) is 1.98. The topological polar surface area (TPSA) is 60.2 Å². The zero-order chi connectivity index (χ0) is 9.28. The Bertz CT molecular complexity index is 225. The van der Waals surface area contributed by atoms with E-state index >= 15 is 0 Å². The highest BCUT2D eigenvalue weighted by Crippen LogP contribution is 2.27. The van der Waals surface area contributed by atoms with Gasteiger partial charge < -0.3 is 0 Å². The number of hydrogen-bond acceptors (Lipinski definition) is 2. The van der Waals surface area contributed by atoms with E-state index in [1.807, 2.05) is 0 Å². The van der Waals surface area contributed by atoms with Gasteiger partial charge in [-0.2, -0.15) is 8.78 Å². The van der Waals surface area contributed by atoms with E-state index in [1.54, 1.807) is 0 Å². The summed E-state index contributed by atoms with van der Waals surface area (Å²) in [6.45, 7) is 1.10. The second kappa shape index (κ2) is 2.98. The smallest absolute Gasteiger partial charge is 0.240 e. The Balaban J connectivity index is 4.74. The maximum atomic E-state index is 12.2. The zero-order valence-electron chi connectivity index (χ0n) is 5.72. The van der Waals surface area contributed by atoms with Crippen molar-refractivity contribution in [2.24, 2.45) is 5.14 Å². The molecule has 0 saturated heterocycles. The molecule has 0 aliphatic rings. The molecule has 0 radical (unpaired) electrons. The Morgan fingerprint density at radius 3 is 2.00 bits per heavy atom. The molecule has 0 aromatic carbocycles. The first-order valence-corrected chi connectivity index (χ1v) is 4.32. The first kappa shape index (κ1) is 10.7. The molecule has 0 rings (SSSR count). The Morgan fingerprint density at radius 2 is 1.91 bits per heavy atom. The number of rotatable bonds is 3. The Kier molecular flexibility index (Phi) is 2.90. The molecule has 0 amide bonds. The number of sulfonamides is 1. The van der Waals surface area contributed by atoms with Crippen molar-refractivity contribution in [3.63, 3.8) is 0 Å². The minimum atomic E-state index is -5.12. The van der Waals surface area contributed by atoms with Crippen LogP contribution in [-0.4, -0.2) is 19.8 Å². The van der Waals surface area contributed by atoms with E-state index in [-0.39, 0.29) is 0 Å². The van der Waals surface area contributed by atoms with Crippen LogP contribution < -0.4 is 5.14 Å². The monoisotopic (exact) mass is 191 g/mol. The molecule has 0 spiro atoms. The predicted octanol–water partition coefficient (Wildman–Crippen LogP) is 0.616. The van der Waals surface area contributed by atoms with Gasteiger partial charge in [0, 0.05) is 0 Å². The number of halogens is 3. The highest BCUT2D eigenvalue weighted by molar-refractivity contribution is 7.90. The molecule has 0 heterocycles. The molecule has 2 N–H and O–H groups in total. The van der Waals surface area contributed by atoms with Gasteiger partial charge in [-0.3, -0.25) is 0 Å². The van der Waals surface area contributed by atoms with Crippen molar-refractivity contribution >= 4 is 10.0 Å². The van der Waals surface area contributed by atoms with Crippen LogP contribution in [0.5, 0.6) is 0 Å². The van der Waals surface area contributed by atoms with Gasteiger partial charge in [-0.25, -0.2) is 17.9 Å². The maximum absolute atomic E-state index is 12.2. The van der Waals surface area contributed by atoms with Gasteiger partial charge in [0.2, 0.25) is 0 Å². The van der Waals surface area contributed by atoms with Crippen molar-refractivity contribution in [2.45, 2.75) is 24.8 Å². The lowest BCUT2D eigenvalue weighted by atomic mass is 10.3. The quantitative estimate of drug-likeness (QED) is 0.710. The summed E-state index contributed by atoms with van der Waals surface area (Å²) >= 11 is 0. The molecular formula is C4H8F3NO2S. The molecule has 0 aromatic heterocycles. The van der Waals surface area contributed by atoms with Gasteiger partial charge in [0.25, 0.3) is 10.0 Å². The maximum Gasteiger partial charge on any atom is 0.389 e. The molecule has 3 nitrogen and oxygen atoms in total. The third-order valence-electron chi connectivity index (χ3n) is 1.10. The Labute approximate surface area is 62.4 Å². The normalized spacial score (nSPS) is 16.5. The van der Waals surface area contributed by atoms with Crippen LogP contribution in [0.3, 0.4) is 0 Å². The summed E-state index contributed by atoms with van der Waals surface area (Å²) in [4.78, 5) is 0. The van der Waals surface area contributed by atoms with Crippen LogP contribution in [0.15, 0.2) is 0 Å². The molecule has 11 heavy (non-hydrogen) atoms. The molecule has 0 aliphatic heterocycles. The van der Waals surface area contributed by atoms with E-state index in [9.17, 15) is 21.6 Å². The predicted molar refractivity (Wildman–Crippen MR) is 33.2 cm³/mol. The van der Waals surface area contributed by atoms with Crippen molar-refractivity contribution < 1.29 is 21.6 Å². The van der Waals surface area contributed by atoms with Crippen LogP contribution in [-0.2, 0) is 10.0 Å². The Morgan fingerprint density at radius 1 is 1.55 bits per heavy atom. The van der Waals surface area contributed by atoms with Crippen LogP contribution in [0.2, 0.25) is 0 Å². The average molecular weight is 191 g/mol. The van der Waals surface area contributed by atoms with E-state index in [4.69, 9.17) is 0 Å². The molecule has 0 bridgehead atoms. The first-order valence-electron chi connectivity index (χ1n) is 2.77. The summed E-state index contributed by atoms with van der Waals surface area (Å²) in [5.74, 6) is 0. The molecule has 68 valence electrons. The van der Waals surface area contributed by atoms with Crippen LogP contribution in [0.4, 0.5) is 13.2 Å². The Hall–Kier alpha value is -0.300. The molecule has 0 fully saturated rings. The van der Waals surface area contributed by atoms with Gasteiger partial charge in [0.1, 0.15) is 0 Å². The van der Waals surface area contributed by atoms with Gasteiger partial charge in [-0.05, 0) is 6.42 Å². The van der Waals surface area contributed by atoms with Gasteiger partial charge in [-0.15, -0.1) is 0 Å². The average Bonchev–Trinajstić information content (AvgIpc) is 1.83. The van der Waals surface area contributed by atoms with Gasteiger partial charge in [-0.1, -0.05) is 6.92 Å². The lowest BCUT2D eigenvalue weighted by Crippen LogP contribution is -2.42. The molecule has 1 unspecified atom stereocenters. The van der Waals surface area contributed by atoms with Crippen LogP contribution in [0, 0.1) is 0 Å². The summed E-state index contributed by atoms with van der Waals surface area (Å²) in [6, 6.07) is 0. The van der Waals surface area contributed by atoms with Crippen LogP contribution in [0.1, 0.15) is 13.3 Å². The number of primary sulfonamides is 1. The van der Waals surface area contributed by atoms with E-state index < -0.39 is 27.9 Å². The summed E-state index contributed by atoms with van der Waals surface area (Å²) in [7, 11) is -5.12. The van der Waals surface area contributed by atoms with Crippen LogP contribution >= 0.6 is 0 Å². The fourth-order valence-electron chi connectivity index (χ4n) is 0.416. The molecule has 0 aromatic rings. The van der Waals surface area contributed by atoms with Gasteiger partial charge in [0.05, 0.1) is 0 Å². The molecule has 1 atom stereocenters. The highest BCUT2D eigenvalue weighted by atomic mass is 32.2. The number of hydrogen-bond donors (Lipinski definition) is 1. The van der Waals surface area contributed by atoms with Crippen LogP contribution in [0.25, 0.3) is 0 Å². The fourth-order valence-corrected chi connectivity index (χ4v) is 0.939. The summed E-state index contributed by atoms with van der Waals surface area (Å²) < 4.78 is 56.8. The van der Waals surface area contributed by atoms with Crippen molar-refractivity contribution in [1.29, 1.82) is 0 Å². The van der Waals surface area contributed by atoms with E-state index in [1.165, 1.54) is 0 Å². The van der Waals surface area contributed by atoms with Gasteiger partial charge in [0.15, 0.2) is 6.17 Å². The lowest BCUT2D eigenvalue weighted by Gasteiger charge is -2.16. The zero-order valence-corrected chi connectivity index (χ0v) is 6.54. The fraction of sp³-hybridized carbons (Fsp3) is 1.00. The van der Waals surface area contributed by atoms with Gasteiger partial charge >= 0.3 is 5.25 Å². The largest absolute Gasteiger partial charge is 0.389 e. The minimum Gasteiger partial charge on any atom is -0.240 e. The third-order valence-corrected chi connectivity index (χ3v) is 2.12. The van der Waals surface area contributed by atoms with E-state index in [0.29, 0.717) is 0 Å². The van der Waals surface area contributed by atoms with Crippen molar-refractivity contribution in [3.05, 3.63) is 0 Å². The van der Waals surface area contributed by atoms with Crippen molar-refractivity contribution in [1.82, 2.24) is 0 Å². The third kappa shape index (κ3) is 2.06. The number of nitrogens with two attached hydrogens (primary N) is 1. The minimum absolute atomic E-state index is 0.594. The summed E-state index contributed by atoms with van der Waals surface area (Å²) in [5, 5.41) is -0.399. The summed E-state index contributed by atoms with van der Waals surface area (Å²) in [5.41, 5.74) is 0. The van der Waals surface area contributed by atoms with E-state index in [0.717, 1.165) is 6.92 Å². The molecule has 7 heteroatoms. The number of alkyl halides is 3. The molecule has 0 saturated carbocycles. The standard InChI is InChI=1S/C4H8F3NO2S/c1-2-3(5)4(6,7)11(8,9)10/h3H,2H2,1H3,(H2,8,9,10). The second-order valence-corrected chi connectivity index (χ2v) is 3.62. The molecular weight excluding hydrogens is 183 g/mol. The lowest BCUT2D eigenvalue weighted by molar-refractivity contribution is 0.00337. The summed E-state index contributed by atoms with van der Waals surface area (Å²) in [6.07, 6.45) is -3.33. The molecule has 0 aliphatic carbocycles. The van der Waals surface area contributed by atoms with E-state index in [2.05, 4.69) is 5.14 Å². The SMILES string of the molecule is CCC(F)C(F)(F)S(N)(=O)=O.